The number of ether oxygens (including phenoxy) is 1. The number of methoxy groups -OCH3 is 1. The van der Waals surface area contributed by atoms with Crippen LogP contribution in [0.25, 0.3) is 0 Å². The minimum Gasteiger partial charge on any atom is -0.481 e. The van der Waals surface area contributed by atoms with Crippen LogP contribution in [0.15, 0.2) is 36.5 Å². The minimum absolute atomic E-state index is 0.00928. The van der Waals surface area contributed by atoms with Crippen LogP contribution in [0.1, 0.15) is 66.7 Å². The number of amides is 1. The molecule has 1 atom stereocenters. The van der Waals surface area contributed by atoms with Gasteiger partial charge in [0.2, 0.25) is 5.88 Å². The molecule has 1 amide bonds. The molecule has 0 bridgehead atoms. The Morgan fingerprint density at radius 1 is 1.20 bits per heavy atom. The average molecular weight is 421 g/mol. The van der Waals surface area contributed by atoms with Crippen molar-refractivity contribution in [2.75, 3.05) is 7.11 Å². The molecule has 8 heteroatoms. The first-order valence-electron chi connectivity index (χ1n) is 10.2. The molecule has 0 aromatic carbocycles. The molecule has 0 aliphatic heterocycles. The smallest absolute Gasteiger partial charge is 0.433 e. The van der Waals surface area contributed by atoms with Crippen molar-refractivity contribution in [3.05, 3.63) is 53.5 Å². The van der Waals surface area contributed by atoms with Crippen molar-refractivity contribution in [3.8, 4) is 5.88 Å². The fraction of sp³-hybridized carbons (Fsp3) is 0.500. The van der Waals surface area contributed by atoms with Crippen LogP contribution in [-0.2, 0) is 6.18 Å². The lowest BCUT2D eigenvalue weighted by Crippen LogP contribution is -2.41. The van der Waals surface area contributed by atoms with Crippen LogP contribution in [0.3, 0.4) is 0 Å². The predicted molar refractivity (Wildman–Crippen MR) is 106 cm³/mol. The number of hydrogen-bond donors (Lipinski definition) is 1. The monoisotopic (exact) mass is 421 g/mol. The van der Waals surface area contributed by atoms with E-state index in [0.717, 1.165) is 38.2 Å². The van der Waals surface area contributed by atoms with E-state index in [0.29, 0.717) is 17.1 Å². The molecule has 5 nitrogen and oxygen atoms in total. The first kappa shape index (κ1) is 22.1. The second-order valence-electron chi connectivity index (χ2n) is 7.63. The topological polar surface area (TPSA) is 64.1 Å². The molecule has 1 N–H and O–H groups in total. The van der Waals surface area contributed by atoms with Crippen LogP contribution in [0.2, 0.25) is 0 Å². The number of carbonyl (C=O) groups is 1. The Labute approximate surface area is 174 Å². The van der Waals surface area contributed by atoms with Gasteiger partial charge in [-0.25, -0.2) is 9.97 Å². The Morgan fingerprint density at radius 2 is 1.93 bits per heavy atom. The largest absolute Gasteiger partial charge is 0.481 e. The van der Waals surface area contributed by atoms with Crippen LogP contribution < -0.4 is 10.1 Å². The van der Waals surface area contributed by atoms with Gasteiger partial charge in [0, 0.05) is 29.9 Å². The number of alkyl halides is 3. The highest BCUT2D eigenvalue weighted by atomic mass is 19.4. The summed E-state index contributed by atoms with van der Waals surface area (Å²) in [5.74, 6) is 0.563. The molecule has 0 spiro atoms. The molecule has 0 saturated heterocycles. The predicted octanol–water partition coefficient (Wildman–Crippen LogP) is 4.99. The van der Waals surface area contributed by atoms with E-state index >= 15 is 0 Å². The molecule has 1 fully saturated rings. The summed E-state index contributed by atoms with van der Waals surface area (Å²) in [5, 5.41) is 3.09. The highest BCUT2D eigenvalue weighted by Gasteiger charge is 2.34. The molecule has 1 saturated carbocycles. The summed E-state index contributed by atoms with van der Waals surface area (Å²) < 4.78 is 43.8. The van der Waals surface area contributed by atoms with Crippen molar-refractivity contribution in [1.82, 2.24) is 15.3 Å². The summed E-state index contributed by atoms with van der Waals surface area (Å²) in [6.07, 6.45) is 1.03. The number of hydrogen-bond acceptors (Lipinski definition) is 4. The third-order valence-electron chi connectivity index (χ3n) is 5.78. The van der Waals surface area contributed by atoms with Crippen molar-refractivity contribution in [2.45, 2.75) is 57.2 Å². The van der Waals surface area contributed by atoms with Crippen LogP contribution in [0.4, 0.5) is 13.2 Å². The average Bonchev–Trinajstić information content (AvgIpc) is 2.77. The van der Waals surface area contributed by atoms with E-state index in [9.17, 15) is 18.0 Å². The summed E-state index contributed by atoms with van der Waals surface area (Å²) in [4.78, 5) is 20.5. The van der Waals surface area contributed by atoms with Gasteiger partial charge in [0.05, 0.1) is 12.7 Å². The number of aromatic nitrogens is 2. The van der Waals surface area contributed by atoms with Gasteiger partial charge >= 0.3 is 6.18 Å². The normalized spacial score (nSPS) is 20.4. The molecule has 0 unspecified atom stereocenters. The van der Waals surface area contributed by atoms with E-state index < -0.39 is 11.9 Å². The molecule has 1 aliphatic carbocycles. The molecule has 162 valence electrons. The van der Waals surface area contributed by atoms with Crippen LogP contribution >= 0.6 is 0 Å². The maximum Gasteiger partial charge on any atom is 0.433 e. The van der Waals surface area contributed by atoms with Crippen molar-refractivity contribution >= 4 is 5.91 Å². The maximum atomic E-state index is 12.9. The quantitative estimate of drug-likeness (QED) is 0.714. The Morgan fingerprint density at radius 3 is 2.50 bits per heavy atom. The van der Waals surface area contributed by atoms with Gasteiger partial charge in [-0.05, 0) is 56.2 Å². The number of halogens is 3. The van der Waals surface area contributed by atoms with E-state index in [1.54, 1.807) is 18.2 Å². The molecule has 1 aliphatic rings. The van der Waals surface area contributed by atoms with Gasteiger partial charge in [-0.3, -0.25) is 4.79 Å². The van der Waals surface area contributed by atoms with Gasteiger partial charge in [-0.1, -0.05) is 13.0 Å². The van der Waals surface area contributed by atoms with E-state index in [-0.39, 0.29) is 23.8 Å². The third-order valence-corrected chi connectivity index (χ3v) is 5.78. The van der Waals surface area contributed by atoms with Gasteiger partial charge in [0.25, 0.3) is 5.91 Å². The molecule has 30 heavy (non-hydrogen) atoms. The number of pyridine rings is 2. The highest BCUT2D eigenvalue weighted by molar-refractivity contribution is 5.94. The highest BCUT2D eigenvalue weighted by Crippen LogP contribution is 2.38. The summed E-state index contributed by atoms with van der Waals surface area (Å²) in [5.41, 5.74) is 0.134. The fourth-order valence-corrected chi connectivity index (χ4v) is 4.09. The van der Waals surface area contributed by atoms with Crippen molar-refractivity contribution in [3.63, 3.8) is 0 Å². The Hall–Kier alpha value is -2.64. The van der Waals surface area contributed by atoms with Crippen LogP contribution in [-0.4, -0.2) is 29.0 Å². The lowest BCUT2D eigenvalue weighted by molar-refractivity contribution is -0.141. The van der Waals surface area contributed by atoms with Crippen molar-refractivity contribution in [2.24, 2.45) is 5.92 Å². The van der Waals surface area contributed by atoms with Gasteiger partial charge in [-0.15, -0.1) is 0 Å². The first-order chi connectivity index (χ1) is 14.3. The zero-order valence-corrected chi connectivity index (χ0v) is 17.1. The van der Waals surface area contributed by atoms with Crippen LogP contribution in [0.5, 0.6) is 5.88 Å². The zero-order chi connectivity index (χ0) is 21.7. The lowest BCUT2D eigenvalue weighted by atomic mass is 9.76. The third kappa shape index (κ3) is 5.29. The zero-order valence-electron chi connectivity index (χ0n) is 17.1. The molecular formula is C22H26F3N3O2. The van der Waals surface area contributed by atoms with Gasteiger partial charge in [0.1, 0.15) is 5.69 Å². The molecule has 2 aromatic rings. The standard InChI is InChI=1S/C22H26F3N3O2/c1-3-17(28-21(29)16-11-12-20(30-2)26-13-16)14-7-9-15(10-8-14)18-5-4-6-19(27-18)22(23,24)25/h4-6,11-15,17H,3,7-10H2,1-2H3,(H,28,29)/t14?,15?,17-/m1/s1. The summed E-state index contributed by atoms with van der Waals surface area (Å²) in [7, 11) is 1.51. The maximum absolute atomic E-state index is 12.9. The Kier molecular flexibility index (Phi) is 6.95. The SMILES string of the molecule is CC[C@@H](NC(=O)c1ccc(OC)nc1)C1CCC(c2cccc(C(F)(F)F)n2)CC1. The first-order valence-corrected chi connectivity index (χ1v) is 10.2. The molecule has 2 aromatic heterocycles. The van der Waals surface area contributed by atoms with E-state index in [1.165, 1.54) is 19.4 Å². The van der Waals surface area contributed by atoms with Crippen molar-refractivity contribution in [1.29, 1.82) is 0 Å². The molecule has 2 heterocycles. The van der Waals surface area contributed by atoms with Gasteiger partial charge in [0.15, 0.2) is 0 Å². The molecular weight excluding hydrogens is 395 g/mol. The van der Waals surface area contributed by atoms with E-state index in [2.05, 4.69) is 15.3 Å². The fourth-order valence-electron chi connectivity index (χ4n) is 4.09. The number of nitrogens with zero attached hydrogens (tertiary/aromatic N) is 2. The number of carbonyl (C=O) groups excluding carboxylic acids is 1. The number of nitrogens with one attached hydrogen (secondary N) is 1. The lowest BCUT2D eigenvalue weighted by Gasteiger charge is -2.34. The summed E-state index contributed by atoms with van der Waals surface area (Å²) >= 11 is 0. The van der Waals surface area contributed by atoms with Crippen molar-refractivity contribution < 1.29 is 22.7 Å². The summed E-state index contributed by atoms with van der Waals surface area (Å²) in [6.45, 7) is 2.03. The second-order valence-corrected chi connectivity index (χ2v) is 7.63. The Bertz CT molecular complexity index is 847. The summed E-state index contributed by atoms with van der Waals surface area (Å²) in [6, 6.07) is 7.43. The van der Waals surface area contributed by atoms with E-state index in [4.69, 9.17) is 4.74 Å². The van der Waals surface area contributed by atoms with Gasteiger partial charge in [-0.2, -0.15) is 13.2 Å². The molecule has 0 radical (unpaired) electrons. The second kappa shape index (κ2) is 9.45. The van der Waals surface area contributed by atoms with Crippen LogP contribution in [0, 0.1) is 5.92 Å². The Balaban J connectivity index is 1.59. The number of rotatable bonds is 6. The van der Waals surface area contributed by atoms with Gasteiger partial charge < -0.3 is 10.1 Å². The van der Waals surface area contributed by atoms with E-state index in [1.807, 2.05) is 6.92 Å². The molecule has 3 rings (SSSR count). The minimum atomic E-state index is -4.43.